The molecule has 27 heavy (non-hydrogen) atoms. The fraction of sp³-hybridized carbons (Fsp3) is 0.409. The topological polar surface area (TPSA) is 41.6 Å². The van der Waals surface area contributed by atoms with Gasteiger partial charge < -0.3 is 15.0 Å². The van der Waals surface area contributed by atoms with Gasteiger partial charge in [0.1, 0.15) is 11.9 Å². The number of rotatable bonds is 4. The van der Waals surface area contributed by atoms with Crippen molar-refractivity contribution < 1.29 is 13.9 Å². The minimum Gasteiger partial charge on any atom is -0.370 e. The third-order valence-electron chi connectivity index (χ3n) is 5.87. The maximum absolute atomic E-state index is 13.1. The molecule has 1 heterocycles. The van der Waals surface area contributed by atoms with Crippen molar-refractivity contribution in [1.29, 1.82) is 0 Å². The largest absolute Gasteiger partial charge is 0.370 e. The Labute approximate surface area is 159 Å². The second-order valence-electron chi connectivity index (χ2n) is 7.52. The number of morpholine rings is 1. The van der Waals surface area contributed by atoms with Crippen LogP contribution in [0.4, 0.5) is 9.18 Å². The Kier molecular flexibility index (Phi) is 5.12. The Morgan fingerprint density at radius 2 is 1.89 bits per heavy atom. The molecule has 2 aromatic rings. The van der Waals surface area contributed by atoms with Crippen LogP contribution in [0, 0.1) is 5.82 Å². The molecule has 0 bridgehead atoms. The van der Waals surface area contributed by atoms with Gasteiger partial charge >= 0.3 is 6.03 Å². The van der Waals surface area contributed by atoms with E-state index in [0.29, 0.717) is 26.2 Å². The lowest BCUT2D eigenvalue weighted by Crippen LogP contribution is -2.52. The lowest BCUT2D eigenvalue weighted by atomic mass is 9.64. The number of urea groups is 1. The van der Waals surface area contributed by atoms with Crippen molar-refractivity contribution in [3.8, 4) is 0 Å². The van der Waals surface area contributed by atoms with Crippen molar-refractivity contribution in [3.05, 3.63) is 71.5 Å². The number of ether oxygens (including phenoxy) is 1. The van der Waals surface area contributed by atoms with Crippen LogP contribution in [-0.2, 0) is 10.2 Å². The fourth-order valence-corrected chi connectivity index (χ4v) is 4.03. The monoisotopic (exact) mass is 368 g/mol. The van der Waals surface area contributed by atoms with Crippen molar-refractivity contribution in [2.24, 2.45) is 0 Å². The molecule has 2 aromatic carbocycles. The van der Waals surface area contributed by atoms with Gasteiger partial charge in [-0.25, -0.2) is 9.18 Å². The lowest BCUT2D eigenvalue weighted by Gasteiger charge is -2.43. The number of carbonyl (C=O) groups excluding carboxylic acids is 1. The molecule has 1 aliphatic heterocycles. The molecule has 142 valence electrons. The maximum atomic E-state index is 13.1. The highest BCUT2D eigenvalue weighted by Crippen LogP contribution is 2.43. The molecule has 0 aromatic heterocycles. The van der Waals surface area contributed by atoms with Crippen LogP contribution in [0.3, 0.4) is 0 Å². The molecule has 2 fully saturated rings. The highest BCUT2D eigenvalue weighted by Gasteiger charge is 2.39. The minimum atomic E-state index is -0.268. The van der Waals surface area contributed by atoms with Gasteiger partial charge in [0.2, 0.25) is 0 Å². The number of hydrogen-bond acceptors (Lipinski definition) is 2. The first-order chi connectivity index (χ1) is 13.2. The summed E-state index contributed by atoms with van der Waals surface area (Å²) in [6.07, 6.45) is 3.21. The number of nitrogens with one attached hydrogen (secondary N) is 1. The molecule has 1 saturated carbocycles. The minimum absolute atomic E-state index is 0.0485. The number of amides is 2. The van der Waals surface area contributed by atoms with E-state index in [0.717, 1.165) is 18.4 Å². The number of hydrogen-bond donors (Lipinski definition) is 1. The third-order valence-corrected chi connectivity index (χ3v) is 5.87. The summed E-state index contributed by atoms with van der Waals surface area (Å²) < 4.78 is 18.9. The zero-order valence-corrected chi connectivity index (χ0v) is 15.4. The Bertz CT molecular complexity index is 775. The molecule has 1 saturated heterocycles. The second-order valence-corrected chi connectivity index (χ2v) is 7.52. The second kappa shape index (κ2) is 7.69. The molecule has 2 aliphatic rings. The highest BCUT2D eigenvalue weighted by atomic mass is 19.1. The van der Waals surface area contributed by atoms with E-state index in [1.54, 1.807) is 17.0 Å². The average molecular weight is 368 g/mol. The molecule has 1 unspecified atom stereocenters. The van der Waals surface area contributed by atoms with Crippen molar-refractivity contribution in [1.82, 2.24) is 10.2 Å². The SMILES string of the molecule is O=C(NCC1(c2ccccc2)CCC1)N1CCOC(c2ccc(F)cc2)C1. The Morgan fingerprint density at radius 1 is 1.15 bits per heavy atom. The summed E-state index contributed by atoms with van der Waals surface area (Å²) in [4.78, 5) is 14.5. The fourth-order valence-electron chi connectivity index (χ4n) is 4.03. The summed E-state index contributed by atoms with van der Waals surface area (Å²) >= 11 is 0. The van der Waals surface area contributed by atoms with Gasteiger partial charge in [-0.1, -0.05) is 48.9 Å². The lowest BCUT2D eigenvalue weighted by molar-refractivity contribution is -0.0157. The first-order valence-electron chi connectivity index (χ1n) is 9.62. The van der Waals surface area contributed by atoms with Crippen molar-refractivity contribution in [3.63, 3.8) is 0 Å². The van der Waals surface area contributed by atoms with E-state index < -0.39 is 0 Å². The van der Waals surface area contributed by atoms with E-state index in [4.69, 9.17) is 4.74 Å². The molecular formula is C22H25FN2O2. The standard InChI is InChI=1S/C22H25FN2O2/c23-19-9-7-17(8-10-19)20-15-25(13-14-27-20)21(26)24-16-22(11-4-12-22)18-5-2-1-3-6-18/h1-3,5-10,20H,4,11-16H2,(H,24,26). The molecule has 0 spiro atoms. The molecular weight excluding hydrogens is 343 g/mol. The predicted octanol–water partition coefficient (Wildman–Crippen LogP) is 4.03. The van der Waals surface area contributed by atoms with Crippen LogP contribution in [0.1, 0.15) is 36.5 Å². The van der Waals surface area contributed by atoms with Crippen molar-refractivity contribution >= 4 is 6.03 Å². The van der Waals surface area contributed by atoms with Crippen LogP contribution < -0.4 is 5.32 Å². The molecule has 1 atom stereocenters. The molecule has 5 heteroatoms. The van der Waals surface area contributed by atoms with E-state index in [-0.39, 0.29) is 23.4 Å². The molecule has 1 N–H and O–H groups in total. The van der Waals surface area contributed by atoms with Crippen molar-refractivity contribution in [2.75, 3.05) is 26.2 Å². The Hall–Kier alpha value is -2.40. The van der Waals surface area contributed by atoms with Crippen LogP contribution in [0.2, 0.25) is 0 Å². The van der Waals surface area contributed by atoms with Gasteiger partial charge in [0, 0.05) is 18.5 Å². The van der Waals surface area contributed by atoms with E-state index in [1.165, 1.54) is 24.1 Å². The average Bonchev–Trinajstić information content (AvgIpc) is 2.68. The first kappa shape index (κ1) is 18.0. The summed E-state index contributed by atoms with van der Waals surface area (Å²) in [5.41, 5.74) is 2.27. The quantitative estimate of drug-likeness (QED) is 0.885. The van der Waals surface area contributed by atoms with Gasteiger partial charge in [-0.15, -0.1) is 0 Å². The maximum Gasteiger partial charge on any atom is 0.317 e. The Morgan fingerprint density at radius 3 is 2.56 bits per heavy atom. The summed E-state index contributed by atoms with van der Waals surface area (Å²) in [6, 6.07) is 16.7. The number of carbonyl (C=O) groups is 1. The summed E-state index contributed by atoms with van der Waals surface area (Å²) in [5, 5.41) is 3.15. The van der Waals surface area contributed by atoms with Gasteiger partial charge in [-0.2, -0.15) is 0 Å². The molecule has 0 radical (unpaired) electrons. The smallest absolute Gasteiger partial charge is 0.317 e. The van der Waals surface area contributed by atoms with Gasteiger partial charge in [-0.05, 0) is 36.1 Å². The van der Waals surface area contributed by atoms with Gasteiger partial charge in [0.15, 0.2) is 0 Å². The van der Waals surface area contributed by atoms with Gasteiger partial charge in [0.25, 0.3) is 0 Å². The van der Waals surface area contributed by atoms with Crippen LogP contribution in [0.15, 0.2) is 54.6 Å². The number of benzene rings is 2. The normalized spacial score (nSPS) is 21.4. The Balaban J connectivity index is 1.37. The zero-order valence-electron chi connectivity index (χ0n) is 15.4. The van der Waals surface area contributed by atoms with Gasteiger partial charge in [0.05, 0.1) is 13.2 Å². The summed E-state index contributed by atoms with van der Waals surface area (Å²) in [6.45, 7) is 2.20. The first-order valence-corrected chi connectivity index (χ1v) is 9.62. The van der Waals surface area contributed by atoms with Crippen LogP contribution >= 0.6 is 0 Å². The summed E-state index contributed by atoms with van der Waals surface area (Å²) in [7, 11) is 0. The summed E-state index contributed by atoms with van der Waals surface area (Å²) in [5.74, 6) is -0.268. The van der Waals surface area contributed by atoms with Crippen LogP contribution in [-0.4, -0.2) is 37.2 Å². The predicted molar refractivity (Wildman–Crippen MR) is 102 cm³/mol. The molecule has 2 amide bonds. The molecule has 4 rings (SSSR count). The van der Waals surface area contributed by atoms with Crippen LogP contribution in [0.25, 0.3) is 0 Å². The van der Waals surface area contributed by atoms with E-state index in [9.17, 15) is 9.18 Å². The van der Waals surface area contributed by atoms with E-state index in [1.807, 2.05) is 6.07 Å². The zero-order chi connectivity index (χ0) is 18.7. The number of nitrogens with zero attached hydrogens (tertiary/aromatic N) is 1. The highest BCUT2D eigenvalue weighted by molar-refractivity contribution is 5.74. The van der Waals surface area contributed by atoms with E-state index in [2.05, 4.69) is 29.6 Å². The molecule has 4 nitrogen and oxygen atoms in total. The van der Waals surface area contributed by atoms with Crippen LogP contribution in [0.5, 0.6) is 0 Å². The molecule has 1 aliphatic carbocycles. The van der Waals surface area contributed by atoms with E-state index >= 15 is 0 Å². The third kappa shape index (κ3) is 3.83. The van der Waals surface area contributed by atoms with Crippen molar-refractivity contribution in [2.45, 2.75) is 30.8 Å². The van der Waals surface area contributed by atoms with Gasteiger partial charge in [-0.3, -0.25) is 0 Å². The number of halogens is 1.